The zero-order valence-electron chi connectivity index (χ0n) is 12.8. The van der Waals surface area contributed by atoms with E-state index in [9.17, 15) is 9.59 Å². The van der Waals surface area contributed by atoms with E-state index in [1.807, 2.05) is 32.0 Å². The smallest absolute Gasteiger partial charge is 0.323 e. The van der Waals surface area contributed by atoms with Crippen LogP contribution in [0.2, 0.25) is 0 Å². The average molecular weight is 289 g/mol. The number of carbonyl (C=O) groups excluding carboxylic acids is 1. The fourth-order valence-electron chi connectivity index (χ4n) is 3.04. The summed E-state index contributed by atoms with van der Waals surface area (Å²) in [6, 6.07) is 6.14. The molecule has 0 aliphatic heterocycles. The molecule has 0 atom stereocenters. The fraction of sp³-hybridized carbons (Fsp3) is 0.529. The molecule has 4 heteroatoms. The lowest BCUT2D eigenvalue weighted by molar-refractivity contribution is -0.145. The maximum atomic E-state index is 12.6. The number of hydrogen-bond acceptors (Lipinski definition) is 2. The van der Waals surface area contributed by atoms with Gasteiger partial charge >= 0.3 is 5.97 Å². The van der Waals surface area contributed by atoms with Gasteiger partial charge in [-0.25, -0.2) is 0 Å². The summed E-state index contributed by atoms with van der Waals surface area (Å²) in [4.78, 5) is 25.2. The van der Waals surface area contributed by atoms with Crippen LogP contribution in [0.4, 0.5) is 0 Å². The van der Waals surface area contributed by atoms with Crippen LogP contribution < -0.4 is 0 Å². The van der Waals surface area contributed by atoms with Crippen molar-refractivity contribution < 1.29 is 14.7 Å². The summed E-state index contributed by atoms with van der Waals surface area (Å²) in [5, 5.41) is 9.06. The number of aryl methyl sites for hydroxylation is 2. The lowest BCUT2D eigenvalue weighted by atomic mass is 10.0. The van der Waals surface area contributed by atoms with Crippen molar-refractivity contribution >= 4 is 11.9 Å². The number of aliphatic carboxylic acids is 1. The van der Waals surface area contributed by atoms with Crippen molar-refractivity contribution in [1.29, 1.82) is 0 Å². The zero-order valence-corrected chi connectivity index (χ0v) is 12.8. The van der Waals surface area contributed by atoms with Gasteiger partial charge in [0, 0.05) is 6.04 Å². The monoisotopic (exact) mass is 289 g/mol. The summed E-state index contributed by atoms with van der Waals surface area (Å²) in [5.74, 6) is -1.01. The quantitative estimate of drug-likeness (QED) is 0.906. The molecule has 1 aromatic rings. The van der Waals surface area contributed by atoms with Gasteiger partial charge in [0.1, 0.15) is 6.54 Å². The van der Waals surface area contributed by atoms with Crippen molar-refractivity contribution in [2.24, 2.45) is 0 Å². The van der Waals surface area contributed by atoms with Crippen molar-refractivity contribution in [1.82, 2.24) is 4.90 Å². The molecule has 1 saturated carbocycles. The topological polar surface area (TPSA) is 57.6 Å². The molecule has 1 aliphatic rings. The zero-order chi connectivity index (χ0) is 15.4. The molecular weight excluding hydrogens is 266 g/mol. The summed E-state index contributed by atoms with van der Waals surface area (Å²) >= 11 is 0. The van der Waals surface area contributed by atoms with E-state index in [4.69, 9.17) is 5.11 Å². The highest BCUT2D eigenvalue weighted by molar-refractivity contribution is 5.83. The van der Waals surface area contributed by atoms with Crippen molar-refractivity contribution in [3.8, 4) is 0 Å². The highest BCUT2D eigenvalue weighted by Gasteiger charge is 2.28. The largest absolute Gasteiger partial charge is 0.480 e. The molecule has 2 rings (SSSR count). The van der Waals surface area contributed by atoms with Crippen molar-refractivity contribution in [2.45, 2.75) is 52.0 Å². The van der Waals surface area contributed by atoms with Crippen molar-refractivity contribution in [3.63, 3.8) is 0 Å². The number of carboxylic acid groups (broad SMARTS) is 1. The van der Waals surface area contributed by atoms with E-state index in [1.165, 1.54) is 0 Å². The minimum absolute atomic E-state index is 0.0713. The molecule has 0 aromatic heterocycles. The van der Waals surface area contributed by atoms with E-state index in [0.29, 0.717) is 0 Å². The van der Waals surface area contributed by atoms with Gasteiger partial charge in [-0.1, -0.05) is 36.6 Å². The standard InChI is InChI=1S/C17H23NO3/c1-12-7-8-13(2)14(9-12)10-16(19)18(11-17(20)21)15-5-3-4-6-15/h7-9,15H,3-6,10-11H2,1-2H3,(H,20,21). The number of benzene rings is 1. The minimum Gasteiger partial charge on any atom is -0.480 e. The Morgan fingerprint density at radius 2 is 1.90 bits per heavy atom. The minimum atomic E-state index is -0.934. The molecule has 4 nitrogen and oxygen atoms in total. The van der Waals surface area contributed by atoms with Crippen LogP contribution in [0.5, 0.6) is 0 Å². The Balaban J connectivity index is 2.13. The Morgan fingerprint density at radius 1 is 1.24 bits per heavy atom. The third-order valence-electron chi connectivity index (χ3n) is 4.24. The molecule has 114 valence electrons. The first-order valence-corrected chi connectivity index (χ1v) is 7.55. The highest BCUT2D eigenvalue weighted by Crippen LogP contribution is 2.24. The molecule has 0 radical (unpaired) electrons. The van der Waals surface area contributed by atoms with Crippen LogP contribution in [0.15, 0.2) is 18.2 Å². The normalized spacial score (nSPS) is 15.1. The van der Waals surface area contributed by atoms with Crippen LogP contribution in [-0.2, 0) is 16.0 Å². The Bertz CT molecular complexity index is 533. The number of hydrogen-bond donors (Lipinski definition) is 1. The molecule has 1 fully saturated rings. The Hall–Kier alpha value is -1.84. The fourth-order valence-corrected chi connectivity index (χ4v) is 3.04. The Morgan fingerprint density at radius 3 is 2.52 bits per heavy atom. The molecule has 0 bridgehead atoms. The summed E-state index contributed by atoms with van der Waals surface area (Å²) in [6.07, 6.45) is 4.30. The first kappa shape index (κ1) is 15.5. The summed E-state index contributed by atoms with van der Waals surface area (Å²) in [6.45, 7) is 3.80. The summed E-state index contributed by atoms with van der Waals surface area (Å²) in [7, 11) is 0. The molecule has 1 amide bonds. The highest BCUT2D eigenvalue weighted by atomic mass is 16.4. The van der Waals surface area contributed by atoms with E-state index in [1.54, 1.807) is 4.90 Å². The van der Waals surface area contributed by atoms with E-state index in [2.05, 4.69) is 0 Å². The van der Waals surface area contributed by atoms with E-state index in [-0.39, 0.29) is 24.9 Å². The molecule has 0 unspecified atom stereocenters. The van der Waals surface area contributed by atoms with Crippen LogP contribution in [0.25, 0.3) is 0 Å². The molecule has 0 heterocycles. The second kappa shape index (κ2) is 6.74. The second-order valence-electron chi connectivity index (χ2n) is 5.96. The van der Waals surface area contributed by atoms with Gasteiger partial charge in [-0.3, -0.25) is 9.59 Å². The van der Waals surface area contributed by atoms with Gasteiger partial charge in [-0.15, -0.1) is 0 Å². The lowest BCUT2D eigenvalue weighted by Crippen LogP contribution is -2.43. The van der Waals surface area contributed by atoms with Gasteiger partial charge in [-0.2, -0.15) is 0 Å². The number of nitrogens with zero attached hydrogens (tertiary/aromatic N) is 1. The predicted octanol–water partition coefficient (Wildman–Crippen LogP) is 2.70. The second-order valence-corrected chi connectivity index (χ2v) is 5.96. The SMILES string of the molecule is Cc1ccc(C)c(CC(=O)N(CC(=O)O)C2CCCC2)c1. The van der Waals surface area contributed by atoms with Crippen LogP contribution in [0, 0.1) is 13.8 Å². The van der Waals surface area contributed by atoms with Gasteiger partial charge in [0.25, 0.3) is 0 Å². The Kier molecular flexibility index (Phi) is 4.99. The molecule has 21 heavy (non-hydrogen) atoms. The van der Waals surface area contributed by atoms with Crippen molar-refractivity contribution in [2.75, 3.05) is 6.54 Å². The molecule has 0 saturated heterocycles. The van der Waals surface area contributed by atoms with Crippen molar-refractivity contribution in [3.05, 3.63) is 34.9 Å². The number of amides is 1. The maximum absolute atomic E-state index is 12.6. The van der Waals surface area contributed by atoms with Crippen LogP contribution in [0.3, 0.4) is 0 Å². The van der Waals surface area contributed by atoms with Gasteiger partial charge in [-0.05, 0) is 37.8 Å². The molecular formula is C17H23NO3. The van der Waals surface area contributed by atoms with Gasteiger partial charge in [0.2, 0.25) is 5.91 Å². The van der Waals surface area contributed by atoms with E-state index in [0.717, 1.165) is 42.4 Å². The third kappa shape index (κ3) is 4.06. The third-order valence-corrected chi connectivity index (χ3v) is 4.24. The van der Waals surface area contributed by atoms with Crippen LogP contribution >= 0.6 is 0 Å². The van der Waals surface area contributed by atoms with Crippen LogP contribution in [0.1, 0.15) is 42.4 Å². The van der Waals surface area contributed by atoms with Gasteiger partial charge in [0.05, 0.1) is 6.42 Å². The van der Waals surface area contributed by atoms with E-state index >= 15 is 0 Å². The average Bonchev–Trinajstić information content (AvgIpc) is 2.93. The first-order valence-electron chi connectivity index (χ1n) is 7.55. The Labute approximate surface area is 125 Å². The summed E-state index contributed by atoms with van der Waals surface area (Å²) < 4.78 is 0. The molecule has 1 aromatic carbocycles. The number of carbonyl (C=O) groups is 2. The van der Waals surface area contributed by atoms with E-state index < -0.39 is 5.97 Å². The molecule has 1 aliphatic carbocycles. The predicted molar refractivity (Wildman–Crippen MR) is 81.2 cm³/mol. The molecule has 1 N–H and O–H groups in total. The van der Waals surface area contributed by atoms with Gasteiger partial charge < -0.3 is 10.0 Å². The molecule has 0 spiro atoms. The van der Waals surface area contributed by atoms with Crippen LogP contribution in [-0.4, -0.2) is 34.5 Å². The number of rotatable bonds is 5. The first-order chi connectivity index (χ1) is 9.97. The lowest BCUT2D eigenvalue weighted by Gasteiger charge is -2.27. The van der Waals surface area contributed by atoms with Gasteiger partial charge in [0.15, 0.2) is 0 Å². The maximum Gasteiger partial charge on any atom is 0.323 e. The summed E-state index contributed by atoms with van der Waals surface area (Å²) in [5.41, 5.74) is 3.19. The number of carboxylic acids is 1.